The standard InChI is InChI=1S/C11H15N3O3S2/c1-8-5-9(17-14-8)6-13-19(15,16)11-4-3-10(18-11)7-12-2/h3-5,12-13H,6-7H2,1-2H3. The van der Waals surface area contributed by atoms with E-state index < -0.39 is 10.0 Å². The number of rotatable bonds is 6. The van der Waals surface area contributed by atoms with Crippen molar-refractivity contribution >= 4 is 21.4 Å². The minimum Gasteiger partial charge on any atom is -0.360 e. The molecule has 0 atom stereocenters. The lowest BCUT2D eigenvalue weighted by Gasteiger charge is -2.01. The number of nitrogens with one attached hydrogen (secondary N) is 2. The topological polar surface area (TPSA) is 84.2 Å². The van der Waals surface area contributed by atoms with Gasteiger partial charge in [-0.1, -0.05) is 5.16 Å². The maximum absolute atomic E-state index is 12.0. The quantitative estimate of drug-likeness (QED) is 0.838. The molecule has 0 radical (unpaired) electrons. The molecule has 0 spiro atoms. The molecule has 0 unspecified atom stereocenters. The van der Waals surface area contributed by atoms with E-state index in [1.54, 1.807) is 25.1 Å². The molecule has 2 aromatic heterocycles. The van der Waals surface area contributed by atoms with Crippen LogP contribution in [0.15, 0.2) is 26.9 Å². The molecule has 0 fully saturated rings. The molecule has 0 saturated heterocycles. The van der Waals surface area contributed by atoms with Crippen LogP contribution in [-0.2, 0) is 23.1 Å². The highest BCUT2D eigenvalue weighted by molar-refractivity contribution is 7.91. The summed E-state index contributed by atoms with van der Waals surface area (Å²) in [7, 11) is -1.68. The summed E-state index contributed by atoms with van der Waals surface area (Å²) in [6.07, 6.45) is 0. The molecule has 0 aliphatic carbocycles. The predicted molar refractivity (Wildman–Crippen MR) is 72.3 cm³/mol. The number of sulfonamides is 1. The van der Waals surface area contributed by atoms with Crippen LogP contribution in [0.2, 0.25) is 0 Å². The van der Waals surface area contributed by atoms with Gasteiger partial charge in [-0.25, -0.2) is 13.1 Å². The zero-order chi connectivity index (χ0) is 13.9. The van der Waals surface area contributed by atoms with Gasteiger partial charge in [0.1, 0.15) is 4.21 Å². The Morgan fingerprint density at radius 1 is 1.37 bits per heavy atom. The first-order valence-electron chi connectivity index (χ1n) is 5.66. The highest BCUT2D eigenvalue weighted by Gasteiger charge is 2.17. The summed E-state index contributed by atoms with van der Waals surface area (Å²) >= 11 is 1.25. The van der Waals surface area contributed by atoms with Crippen molar-refractivity contribution in [2.75, 3.05) is 7.05 Å². The number of aryl methyl sites for hydroxylation is 1. The maximum Gasteiger partial charge on any atom is 0.250 e. The molecule has 2 aromatic rings. The van der Waals surface area contributed by atoms with E-state index in [1.165, 1.54) is 11.3 Å². The van der Waals surface area contributed by atoms with Gasteiger partial charge in [0.15, 0.2) is 5.76 Å². The van der Waals surface area contributed by atoms with Gasteiger partial charge in [0.05, 0.1) is 12.2 Å². The van der Waals surface area contributed by atoms with Crippen molar-refractivity contribution in [1.82, 2.24) is 15.2 Å². The first-order chi connectivity index (χ1) is 9.01. The third-order valence-corrected chi connectivity index (χ3v) is 5.34. The Morgan fingerprint density at radius 3 is 2.79 bits per heavy atom. The van der Waals surface area contributed by atoms with Crippen molar-refractivity contribution < 1.29 is 12.9 Å². The summed E-state index contributed by atoms with van der Waals surface area (Å²) in [6.45, 7) is 2.54. The minimum absolute atomic E-state index is 0.0996. The minimum atomic E-state index is -3.49. The van der Waals surface area contributed by atoms with Crippen LogP contribution in [0.1, 0.15) is 16.3 Å². The molecule has 0 saturated carbocycles. The van der Waals surface area contributed by atoms with Gasteiger partial charge in [0.2, 0.25) is 10.0 Å². The number of nitrogens with zero attached hydrogens (tertiary/aromatic N) is 1. The van der Waals surface area contributed by atoms with E-state index in [9.17, 15) is 8.42 Å². The first kappa shape index (κ1) is 14.2. The van der Waals surface area contributed by atoms with Gasteiger partial charge in [0, 0.05) is 17.5 Å². The molecule has 2 heterocycles. The van der Waals surface area contributed by atoms with Crippen molar-refractivity contribution in [2.24, 2.45) is 0 Å². The molecule has 19 heavy (non-hydrogen) atoms. The van der Waals surface area contributed by atoms with Crippen LogP contribution in [0, 0.1) is 6.92 Å². The van der Waals surface area contributed by atoms with Gasteiger partial charge in [-0.2, -0.15) is 0 Å². The Bertz CT molecular complexity index is 646. The van der Waals surface area contributed by atoms with Crippen LogP contribution in [0.25, 0.3) is 0 Å². The Balaban J connectivity index is 2.04. The largest absolute Gasteiger partial charge is 0.360 e. The van der Waals surface area contributed by atoms with Gasteiger partial charge in [-0.05, 0) is 26.1 Å². The van der Waals surface area contributed by atoms with Gasteiger partial charge >= 0.3 is 0 Å². The number of hydrogen-bond donors (Lipinski definition) is 2. The third kappa shape index (κ3) is 3.63. The summed E-state index contributed by atoms with van der Waals surface area (Å²) < 4.78 is 31.8. The molecule has 0 aromatic carbocycles. The average Bonchev–Trinajstić information content (AvgIpc) is 2.97. The number of aromatic nitrogens is 1. The second-order valence-corrected chi connectivity index (χ2v) is 7.17. The molecule has 0 aliphatic heterocycles. The van der Waals surface area contributed by atoms with E-state index in [0.717, 1.165) is 10.6 Å². The van der Waals surface area contributed by atoms with E-state index in [0.29, 0.717) is 16.5 Å². The fourth-order valence-electron chi connectivity index (χ4n) is 1.51. The van der Waals surface area contributed by atoms with Crippen molar-refractivity contribution in [3.8, 4) is 0 Å². The van der Waals surface area contributed by atoms with Gasteiger partial charge in [-0.3, -0.25) is 0 Å². The third-order valence-electron chi connectivity index (χ3n) is 2.37. The molecule has 104 valence electrons. The van der Waals surface area contributed by atoms with E-state index in [2.05, 4.69) is 15.2 Å². The van der Waals surface area contributed by atoms with E-state index >= 15 is 0 Å². The van der Waals surface area contributed by atoms with Gasteiger partial charge < -0.3 is 9.84 Å². The zero-order valence-corrected chi connectivity index (χ0v) is 12.3. The first-order valence-corrected chi connectivity index (χ1v) is 7.96. The Morgan fingerprint density at radius 2 is 2.16 bits per heavy atom. The smallest absolute Gasteiger partial charge is 0.250 e. The molecule has 2 N–H and O–H groups in total. The van der Waals surface area contributed by atoms with Crippen LogP contribution in [0.4, 0.5) is 0 Å². The number of thiophene rings is 1. The molecule has 0 amide bonds. The summed E-state index contributed by atoms with van der Waals surface area (Å²) in [4.78, 5) is 0.971. The molecular formula is C11H15N3O3S2. The highest BCUT2D eigenvalue weighted by atomic mass is 32.2. The van der Waals surface area contributed by atoms with E-state index in [4.69, 9.17) is 4.52 Å². The van der Waals surface area contributed by atoms with Crippen LogP contribution < -0.4 is 10.0 Å². The van der Waals surface area contributed by atoms with Crippen molar-refractivity contribution in [3.05, 3.63) is 34.5 Å². The fraction of sp³-hybridized carbons (Fsp3) is 0.364. The molecular weight excluding hydrogens is 286 g/mol. The lowest BCUT2D eigenvalue weighted by Crippen LogP contribution is -2.22. The zero-order valence-electron chi connectivity index (χ0n) is 10.6. The Labute approximate surface area is 115 Å². The van der Waals surface area contributed by atoms with Crippen molar-refractivity contribution in [2.45, 2.75) is 24.2 Å². The van der Waals surface area contributed by atoms with Crippen LogP contribution in [0.3, 0.4) is 0 Å². The fourth-order valence-corrected chi connectivity index (χ4v) is 3.91. The van der Waals surface area contributed by atoms with Gasteiger partial charge in [0.25, 0.3) is 0 Å². The number of hydrogen-bond acceptors (Lipinski definition) is 6. The molecule has 0 bridgehead atoms. The van der Waals surface area contributed by atoms with Crippen LogP contribution in [0.5, 0.6) is 0 Å². The predicted octanol–water partition coefficient (Wildman–Crippen LogP) is 1.24. The second-order valence-electron chi connectivity index (χ2n) is 4.01. The molecule has 6 nitrogen and oxygen atoms in total. The lowest BCUT2D eigenvalue weighted by molar-refractivity contribution is 0.377. The summed E-state index contributed by atoms with van der Waals surface area (Å²) in [5, 5.41) is 6.68. The van der Waals surface area contributed by atoms with Crippen molar-refractivity contribution in [3.63, 3.8) is 0 Å². The Hall–Kier alpha value is -1.22. The van der Waals surface area contributed by atoms with Gasteiger partial charge in [-0.15, -0.1) is 11.3 Å². The molecule has 2 rings (SSSR count). The summed E-state index contributed by atoms with van der Waals surface area (Å²) in [5.74, 6) is 0.494. The monoisotopic (exact) mass is 301 g/mol. The van der Waals surface area contributed by atoms with Crippen molar-refractivity contribution in [1.29, 1.82) is 0 Å². The average molecular weight is 301 g/mol. The maximum atomic E-state index is 12.0. The van der Waals surface area contributed by atoms with Crippen LogP contribution >= 0.6 is 11.3 Å². The Kier molecular flexibility index (Phi) is 4.35. The summed E-state index contributed by atoms with van der Waals surface area (Å²) in [6, 6.07) is 5.10. The van der Waals surface area contributed by atoms with Crippen LogP contribution in [-0.4, -0.2) is 20.6 Å². The summed E-state index contributed by atoms with van der Waals surface area (Å²) in [5.41, 5.74) is 0.724. The lowest BCUT2D eigenvalue weighted by atomic mass is 10.4. The highest BCUT2D eigenvalue weighted by Crippen LogP contribution is 2.21. The van der Waals surface area contributed by atoms with E-state index in [-0.39, 0.29) is 6.54 Å². The molecule has 0 aliphatic rings. The molecule has 8 heteroatoms. The normalized spacial score (nSPS) is 11.9. The second kappa shape index (κ2) is 5.83. The van der Waals surface area contributed by atoms with E-state index in [1.807, 2.05) is 7.05 Å². The SMILES string of the molecule is CNCc1ccc(S(=O)(=O)NCc2cc(C)no2)s1.